The summed E-state index contributed by atoms with van der Waals surface area (Å²) in [5, 5.41) is 0. The Balaban J connectivity index is 1.38. The highest BCUT2D eigenvalue weighted by Gasteiger charge is 2.51. The molecule has 0 radical (unpaired) electrons. The van der Waals surface area contributed by atoms with Gasteiger partial charge in [-0.05, 0) is 35.4 Å². The van der Waals surface area contributed by atoms with Crippen molar-refractivity contribution in [3.63, 3.8) is 0 Å². The van der Waals surface area contributed by atoms with Gasteiger partial charge < -0.3 is 28.4 Å². The van der Waals surface area contributed by atoms with Gasteiger partial charge in [-0.15, -0.1) is 0 Å². The lowest BCUT2D eigenvalue weighted by Gasteiger charge is -2.48. The van der Waals surface area contributed by atoms with E-state index < -0.39 is 37.0 Å². The Morgan fingerprint density at radius 2 is 1.33 bits per heavy atom. The molecule has 0 spiro atoms. The van der Waals surface area contributed by atoms with Crippen LogP contribution in [0.3, 0.4) is 0 Å². The van der Waals surface area contributed by atoms with Gasteiger partial charge in [0.05, 0.1) is 19.8 Å². The molecule has 2 fully saturated rings. The monoisotopic (exact) mass is 498 g/mol. The summed E-state index contributed by atoms with van der Waals surface area (Å²) in [6, 6.07) is 21.9. The van der Waals surface area contributed by atoms with Crippen LogP contribution in [0.25, 0.3) is 0 Å². The van der Waals surface area contributed by atoms with Crippen LogP contribution in [0.15, 0.2) is 78.9 Å². The molecule has 3 aromatic rings. The van der Waals surface area contributed by atoms with E-state index in [1.807, 2.05) is 30.3 Å². The molecule has 0 N–H and O–H groups in total. The van der Waals surface area contributed by atoms with Gasteiger partial charge in [0.15, 0.2) is 12.6 Å². The van der Waals surface area contributed by atoms with Gasteiger partial charge in [-0.2, -0.15) is 0 Å². The van der Waals surface area contributed by atoms with Crippen molar-refractivity contribution in [2.24, 2.45) is 0 Å². The van der Waals surface area contributed by atoms with Crippen molar-refractivity contribution >= 4 is 0 Å². The third-order valence-corrected chi connectivity index (χ3v) is 6.30. The van der Waals surface area contributed by atoms with E-state index in [9.17, 15) is 8.78 Å². The predicted octanol–water partition coefficient (Wildman–Crippen LogP) is 4.92. The number of benzene rings is 3. The van der Waals surface area contributed by atoms with E-state index in [2.05, 4.69) is 0 Å². The molecule has 0 bridgehead atoms. The van der Waals surface area contributed by atoms with Crippen LogP contribution < -0.4 is 0 Å². The molecule has 1 unspecified atom stereocenters. The highest BCUT2D eigenvalue weighted by molar-refractivity contribution is 5.18. The Hall–Kier alpha value is -2.72. The number of fused-ring (bicyclic) bond motifs is 1. The molecule has 0 amide bonds. The first-order valence-electron chi connectivity index (χ1n) is 11.8. The van der Waals surface area contributed by atoms with Gasteiger partial charge in [0.25, 0.3) is 0 Å². The number of hydrogen-bond donors (Lipinski definition) is 0. The number of rotatable bonds is 8. The smallest absolute Gasteiger partial charge is 0.186 e. The molecule has 3 aromatic carbocycles. The van der Waals surface area contributed by atoms with Crippen LogP contribution in [0.1, 0.15) is 23.0 Å². The summed E-state index contributed by atoms with van der Waals surface area (Å²) in [6.45, 7) is 0.687. The first-order chi connectivity index (χ1) is 17.6. The zero-order valence-electron chi connectivity index (χ0n) is 19.8. The molecule has 0 aliphatic carbocycles. The normalized spacial score (nSPS) is 28.0. The molecule has 2 saturated heterocycles. The zero-order valence-corrected chi connectivity index (χ0v) is 19.8. The second kappa shape index (κ2) is 11.6. The van der Waals surface area contributed by atoms with Gasteiger partial charge in [0, 0.05) is 12.7 Å². The fourth-order valence-electron chi connectivity index (χ4n) is 4.43. The lowest BCUT2D eigenvalue weighted by molar-refractivity contribution is -0.369. The Morgan fingerprint density at radius 1 is 0.750 bits per heavy atom. The van der Waals surface area contributed by atoms with Crippen LogP contribution in [-0.2, 0) is 41.6 Å². The summed E-state index contributed by atoms with van der Waals surface area (Å²) in [5.41, 5.74) is 2.48. The Kier molecular flexibility index (Phi) is 8.01. The summed E-state index contributed by atoms with van der Waals surface area (Å²) < 4.78 is 63.5. The van der Waals surface area contributed by atoms with Crippen molar-refractivity contribution in [3.05, 3.63) is 107 Å². The van der Waals surface area contributed by atoms with Gasteiger partial charge in [-0.3, -0.25) is 0 Å². The molecule has 8 heteroatoms. The van der Waals surface area contributed by atoms with Crippen molar-refractivity contribution in [1.82, 2.24) is 0 Å². The second-order valence-electron chi connectivity index (χ2n) is 8.76. The minimum Gasteiger partial charge on any atom is -0.368 e. The summed E-state index contributed by atoms with van der Waals surface area (Å²) in [7, 11) is 1.54. The van der Waals surface area contributed by atoms with E-state index in [1.165, 1.54) is 31.4 Å². The van der Waals surface area contributed by atoms with Crippen LogP contribution in [0.2, 0.25) is 0 Å². The molecule has 190 valence electrons. The maximum absolute atomic E-state index is 13.4. The van der Waals surface area contributed by atoms with Gasteiger partial charge in [0.2, 0.25) is 0 Å². The van der Waals surface area contributed by atoms with Crippen molar-refractivity contribution in [1.29, 1.82) is 0 Å². The maximum atomic E-state index is 13.4. The third kappa shape index (κ3) is 5.81. The SMILES string of the molecule is CO[C@H]1O[C@@H]2COC(c3ccccc3)O[C@H]2[C@H](OCc2ccc(F)cc2)[C@H]1OCc1ccc(F)cc1. The van der Waals surface area contributed by atoms with E-state index in [0.717, 1.165) is 16.7 Å². The summed E-state index contributed by atoms with van der Waals surface area (Å²) in [6.07, 6.45) is -3.55. The Labute approximate surface area is 208 Å². The van der Waals surface area contributed by atoms with Gasteiger partial charge in [-0.1, -0.05) is 54.6 Å². The van der Waals surface area contributed by atoms with Crippen LogP contribution in [0, 0.1) is 11.6 Å². The second-order valence-corrected chi connectivity index (χ2v) is 8.76. The summed E-state index contributed by atoms with van der Waals surface area (Å²) >= 11 is 0. The highest BCUT2D eigenvalue weighted by Crippen LogP contribution is 2.37. The van der Waals surface area contributed by atoms with Crippen molar-refractivity contribution < 1.29 is 37.2 Å². The third-order valence-electron chi connectivity index (χ3n) is 6.30. The number of ether oxygens (including phenoxy) is 6. The molecule has 6 nitrogen and oxygen atoms in total. The molecule has 2 aliphatic heterocycles. The van der Waals surface area contributed by atoms with Crippen LogP contribution in [-0.4, -0.2) is 44.4 Å². The Bertz CT molecular complexity index is 1100. The molecule has 36 heavy (non-hydrogen) atoms. The topological polar surface area (TPSA) is 55.4 Å². The van der Waals surface area contributed by atoms with E-state index >= 15 is 0 Å². The molecule has 2 aliphatic rings. The molecule has 0 aromatic heterocycles. The fourth-order valence-corrected chi connectivity index (χ4v) is 4.43. The fraction of sp³-hybridized carbons (Fsp3) is 0.357. The van der Waals surface area contributed by atoms with Crippen molar-refractivity contribution in [3.8, 4) is 0 Å². The number of methoxy groups -OCH3 is 1. The van der Waals surface area contributed by atoms with Gasteiger partial charge in [0.1, 0.15) is 36.1 Å². The Morgan fingerprint density at radius 3 is 1.92 bits per heavy atom. The number of halogens is 2. The minimum atomic E-state index is -0.745. The average molecular weight is 499 g/mol. The predicted molar refractivity (Wildman–Crippen MR) is 126 cm³/mol. The van der Waals surface area contributed by atoms with Gasteiger partial charge in [-0.25, -0.2) is 8.78 Å². The molecular formula is C28H28F2O6. The molecule has 5 rings (SSSR count). The highest BCUT2D eigenvalue weighted by atomic mass is 19.1. The first kappa shape index (κ1) is 25.0. The van der Waals surface area contributed by atoms with E-state index in [0.29, 0.717) is 0 Å². The zero-order chi connectivity index (χ0) is 24.9. The van der Waals surface area contributed by atoms with Crippen molar-refractivity contribution in [2.75, 3.05) is 13.7 Å². The maximum Gasteiger partial charge on any atom is 0.186 e. The lowest BCUT2D eigenvalue weighted by atomic mass is 9.97. The van der Waals surface area contributed by atoms with Crippen LogP contribution in [0.5, 0.6) is 0 Å². The average Bonchev–Trinajstić information content (AvgIpc) is 2.92. The largest absolute Gasteiger partial charge is 0.368 e. The first-order valence-corrected chi connectivity index (χ1v) is 11.8. The summed E-state index contributed by atoms with van der Waals surface area (Å²) in [5.74, 6) is -0.635. The minimum absolute atomic E-state index is 0.195. The lowest BCUT2D eigenvalue weighted by Crippen LogP contribution is -2.63. The quantitative estimate of drug-likeness (QED) is 0.440. The standard InChI is InChI=1S/C28H28F2O6/c1-31-28-26(33-16-19-9-13-22(30)14-10-19)25(32-15-18-7-11-21(29)12-8-18)24-23(35-28)17-34-27(36-24)20-5-3-2-4-6-20/h2-14,23-28H,15-17H2,1H3/t23-,24-,25+,26-,27?,28+/m1/s1. The molecule has 2 heterocycles. The van der Waals surface area contributed by atoms with Crippen molar-refractivity contribution in [2.45, 2.75) is 50.2 Å². The molecular weight excluding hydrogens is 470 g/mol. The van der Waals surface area contributed by atoms with Crippen LogP contribution >= 0.6 is 0 Å². The molecule has 0 saturated carbocycles. The van der Waals surface area contributed by atoms with Crippen LogP contribution in [0.4, 0.5) is 8.78 Å². The summed E-state index contributed by atoms with van der Waals surface area (Å²) in [4.78, 5) is 0. The molecule has 6 atom stereocenters. The number of hydrogen-bond acceptors (Lipinski definition) is 6. The van der Waals surface area contributed by atoms with Gasteiger partial charge >= 0.3 is 0 Å². The van der Waals surface area contributed by atoms with E-state index in [-0.39, 0.29) is 31.5 Å². The van der Waals surface area contributed by atoms with E-state index in [1.54, 1.807) is 24.3 Å². The van der Waals surface area contributed by atoms with E-state index in [4.69, 9.17) is 28.4 Å².